The number of pyridine rings is 1. The first-order valence-corrected chi connectivity index (χ1v) is 4.87. The number of rotatable bonds is 3. The SMILES string of the molecule is CCOC(=O)Nc1cc(Cl)nc(N)c1[N+](=O)[O-]. The molecule has 1 rings (SSSR count). The Bertz CT molecular complexity index is 465. The number of nitrogens with one attached hydrogen (secondary N) is 1. The largest absolute Gasteiger partial charge is 0.450 e. The number of halogens is 1. The van der Waals surface area contributed by atoms with Crippen molar-refractivity contribution in [1.82, 2.24) is 4.98 Å². The maximum atomic E-state index is 11.1. The molecule has 1 amide bonds. The molecule has 3 N–H and O–H groups in total. The van der Waals surface area contributed by atoms with Crippen LogP contribution in [0.3, 0.4) is 0 Å². The lowest BCUT2D eigenvalue weighted by Gasteiger charge is -2.07. The molecule has 0 saturated carbocycles. The number of nitrogens with two attached hydrogens (primary N) is 1. The van der Waals surface area contributed by atoms with Gasteiger partial charge in [0, 0.05) is 6.07 Å². The van der Waals surface area contributed by atoms with Crippen molar-refractivity contribution >= 4 is 34.9 Å². The van der Waals surface area contributed by atoms with Crippen molar-refractivity contribution in [3.05, 3.63) is 21.3 Å². The number of carbonyl (C=O) groups excluding carboxylic acids is 1. The van der Waals surface area contributed by atoms with Crippen LogP contribution in [0.4, 0.5) is 22.0 Å². The van der Waals surface area contributed by atoms with Crippen LogP contribution in [0.2, 0.25) is 5.15 Å². The van der Waals surface area contributed by atoms with Crippen molar-refractivity contribution < 1.29 is 14.5 Å². The summed E-state index contributed by atoms with van der Waals surface area (Å²) in [4.78, 5) is 24.6. The normalized spacial score (nSPS) is 9.76. The average Bonchev–Trinajstić information content (AvgIpc) is 2.15. The van der Waals surface area contributed by atoms with E-state index in [1.807, 2.05) is 0 Å². The second-order valence-corrected chi connectivity index (χ2v) is 3.22. The molecule has 0 unspecified atom stereocenters. The maximum absolute atomic E-state index is 11.1. The number of anilines is 2. The first-order chi connectivity index (χ1) is 7.95. The van der Waals surface area contributed by atoms with Gasteiger partial charge in [-0.15, -0.1) is 0 Å². The zero-order valence-corrected chi connectivity index (χ0v) is 9.52. The number of hydrogen-bond acceptors (Lipinski definition) is 6. The van der Waals surface area contributed by atoms with Crippen LogP contribution in [-0.4, -0.2) is 22.6 Å². The Balaban J connectivity index is 3.12. The van der Waals surface area contributed by atoms with Gasteiger partial charge in [-0.2, -0.15) is 0 Å². The summed E-state index contributed by atoms with van der Waals surface area (Å²) in [5, 5.41) is 12.8. The molecule has 0 spiro atoms. The van der Waals surface area contributed by atoms with E-state index in [0.717, 1.165) is 6.07 Å². The first kappa shape index (κ1) is 13.0. The Labute approximate surface area is 101 Å². The molecular weight excluding hydrogens is 252 g/mol. The van der Waals surface area contributed by atoms with Gasteiger partial charge in [0.1, 0.15) is 10.8 Å². The molecule has 0 atom stereocenters. The van der Waals surface area contributed by atoms with Crippen molar-refractivity contribution in [3.8, 4) is 0 Å². The zero-order chi connectivity index (χ0) is 13.0. The third kappa shape index (κ3) is 3.18. The van der Waals surface area contributed by atoms with Crippen LogP contribution < -0.4 is 11.1 Å². The Morgan fingerprint density at radius 1 is 1.76 bits per heavy atom. The summed E-state index contributed by atoms with van der Waals surface area (Å²) < 4.78 is 4.58. The van der Waals surface area contributed by atoms with E-state index in [1.165, 1.54) is 0 Å². The van der Waals surface area contributed by atoms with Crippen molar-refractivity contribution in [1.29, 1.82) is 0 Å². The highest BCUT2D eigenvalue weighted by atomic mass is 35.5. The number of ether oxygens (including phenoxy) is 1. The second kappa shape index (κ2) is 5.30. The molecule has 0 radical (unpaired) electrons. The fourth-order valence-electron chi connectivity index (χ4n) is 1.09. The molecule has 0 fully saturated rings. The zero-order valence-electron chi connectivity index (χ0n) is 8.77. The minimum Gasteiger partial charge on any atom is -0.450 e. The average molecular weight is 261 g/mol. The molecule has 1 aromatic rings. The summed E-state index contributed by atoms with van der Waals surface area (Å²) in [6.45, 7) is 1.73. The van der Waals surface area contributed by atoms with E-state index in [4.69, 9.17) is 17.3 Å². The smallest absolute Gasteiger partial charge is 0.411 e. The molecule has 0 aliphatic carbocycles. The number of carbonyl (C=O) groups is 1. The van der Waals surface area contributed by atoms with Crippen molar-refractivity contribution in [3.63, 3.8) is 0 Å². The van der Waals surface area contributed by atoms with Gasteiger partial charge in [-0.05, 0) is 6.92 Å². The lowest BCUT2D eigenvalue weighted by Crippen LogP contribution is -2.15. The van der Waals surface area contributed by atoms with Crippen LogP contribution in [0.1, 0.15) is 6.92 Å². The van der Waals surface area contributed by atoms with Gasteiger partial charge in [0.2, 0.25) is 5.82 Å². The number of nitrogens with zero attached hydrogens (tertiary/aromatic N) is 2. The van der Waals surface area contributed by atoms with Crippen LogP contribution in [-0.2, 0) is 4.74 Å². The van der Waals surface area contributed by atoms with E-state index in [9.17, 15) is 14.9 Å². The minimum atomic E-state index is -0.836. The Morgan fingerprint density at radius 3 is 2.94 bits per heavy atom. The second-order valence-electron chi connectivity index (χ2n) is 2.83. The van der Waals surface area contributed by atoms with E-state index in [0.29, 0.717) is 0 Å². The first-order valence-electron chi connectivity index (χ1n) is 4.50. The number of nitro groups is 1. The third-order valence-electron chi connectivity index (χ3n) is 1.68. The fraction of sp³-hybridized carbons (Fsp3) is 0.250. The number of aromatic nitrogens is 1. The van der Waals surface area contributed by atoms with E-state index in [1.54, 1.807) is 6.92 Å². The van der Waals surface area contributed by atoms with Crippen LogP contribution in [0, 0.1) is 10.1 Å². The van der Waals surface area contributed by atoms with Crippen LogP contribution in [0.15, 0.2) is 6.07 Å². The number of hydrogen-bond donors (Lipinski definition) is 2. The summed E-state index contributed by atoms with van der Waals surface area (Å²) in [6.07, 6.45) is -0.836. The maximum Gasteiger partial charge on any atom is 0.411 e. The lowest BCUT2D eigenvalue weighted by atomic mass is 10.3. The molecule has 0 aliphatic rings. The van der Waals surface area contributed by atoms with Gasteiger partial charge in [-0.1, -0.05) is 11.6 Å². The quantitative estimate of drug-likeness (QED) is 0.485. The highest BCUT2D eigenvalue weighted by molar-refractivity contribution is 6.30. The van der Waals surface area contributed by atoms with Gasteiger partial charge in [0.15, 0.2) is 0 Å². The highest BCUT2D eigenvalue weighted by Gasteiger charge is 2.22. The number of amides is 1. The van der Waals surface area contributed by atoms with Gasteiger partial charge in [-0.25, -0.2) is 9.78 Å². The standard InChI is InChI=1S/C8H9ClN4O4/c1-2-17-8(14)11-4-3-5(9)12-7(10)6(4)13(15)16/h3H,2H2,1H3,(H3,10,11,12,14). The molecule has 0 saturated heterocycles. The summed E-state index contributed by atoms with van der Waals surface area (Å²) in [7, 11) is 0. The molecule has 0 aliphatic heterocycles. The third-order valence-corrected chi connectivity index (χ3v) is 1.88. The van der Waals surface area contributed by atoms with E-state index < -0.39 is 16.7 Å². The molecule has 8 nitrogen and oxygen atoms in total. The summed E-state index contributed by atoms with van der Waals surface area (Å²) >= 11 is 5.58. The highest BCUT2D eigenvalue weighted by Crippen LogP contribution is 2.31. The Hall–Kier alpha value is -2.09. The van der Waals surface area contributed by atoms with Crippen LogP contribution in [0.25, 0.3) is 0 Å². The van der Waals surface area contributed by atoms with Crippen molar-refractivity contribution in [2.45, 2.75) is 6.92 Å². The summed E-state index contributed by atoms with van der Waals surface area (Å²) in [6, 6.07) is 1.12. The van der Waals surface area contributed by atoms with Crippen molar-refractivity contribution in [2.75, 3.05) is 17.7 Å². The predicted octanol–water partition coefficient (Wildman–Crippen LogP) is 1.79. The fourth-order valence-corrected chi connectivity index (χ4v) is 1.29. The van der Waals surface area contributed by atoms with Crippen LogP contribution >= 0.6 is 11.6 Å². The Kier molecular flexibility index (Phi) is 4.05. The topological polar surface area (TPSA) is 120 Å². The molecule has 92 valence electrons. The summed E-state index contributed by atoms with van der Waals surface area (Å²) in [5.74, 6) is -0.380. The van der Waals surface area contributed by atoms with Gasteiger partial charge >= 0.3 is 11.8 Å². The Morgan fingerprint density at radius 2 is 2.41 bits per heavy atom. The van der Waals surface area contributed by atoms with Gasteiger partial charge in [0.05, 0.1) is 11.5 Å². The van der Waals surface area contributed by atoms with Gasteiger partial charge < -0.3 is 10.5 Å². The van der Waals surface area contributed by atoms with Gasteiger partial charge in [-0.3, -0.25) is 15.4 Å². The minimum absolute atomic E-state index is 0.0695. The van der Waals surface area contributed by atoms with Gasteiger partial charge in [0.25, 0.3) is 0 Å². The number of nitrogen functional groups attached to an aromatic ring is 1. The molecule has 17 heavy (non-hydrogen) atoms. The van der Waals surface area contributed by atoms with E-state index in [-0.39, 0.29) is 23.3 Å². The van der Waals surface area contributed by atoms with Crippen LogP contribution in [0.5, 0.6) is 0 Å². The molecule has 0 bridgehead atoms. The predicted molar refractivity (Wildman–Crippen MR) is 61.0 cm³/mol. The molecule has 1 aromatic heterocycles. The monoisotopic (exact) mass is 260 g/mol. The molecular formula is C8H9ClN4O4. The molecule has 0 aromatic carbocycles. The lowest BCUT2D eigenvalue weighted by molar-refractivity contribution is -0.383. The molecule has 9 heteroatoms. The van der Waals surface area contributed by atoms with E-state index >= 15 is 0 Å². The van der Waals surface area contributed by atoms with Crippen molar-refractivity contribution in [2.24, 2.45) is 0 Å². The molecule has 1 heterocycles. The van der Waals surface area contributed by atoms with E-state index in [2.05, 4.69) is 15.0 Å². The summed E-state index contributed by atoms with van der Waals surface area (Å²) in [5.41, 5.74) is 4.66.